The molecular formula is C22H17FN2O2. The summed E-state index contributed by atoms with van der Waals surface area (Å²) in [4.78, 5) is 12.4. The maximum Gasteiger partial charge on any atom is 0.266 e. The van der Waals surface area contributed by atoms with Crippen molar-refractivity contribution in [2.24, 2.45) is 0 Å². The van der Waals surface area contributed by atoms with Gasteiger partial charge in [0.2, 0.25) is 0 Å². The van der Waals surface area contributed by atoms with Crippen LogP contribution in [0, 0.1) is 31.0 Å². The van der Waals surface area contributed by atoms with Crippen molar-refractivity contribution in [2.45, 2.75) is 13.8 Å². The van der Waals surface area contributed by atoms with E-state index < -0.39 is 5.91 Å². The lowest BCUT2D eigenvalue weighted by molar-refractivity contribution is -0.112. The Kier molecular flexibility index (Phi) is 5.18. The number of anilines is 1. The van der Waals surface area contributed by atoms with Crippen molar-refractivity contribution in [1.29, 1.82) is 5.26 Å². The molecule has 1 amide bonds. The maximum atomic E-state index is 13.3. The molecule has 1 heterocycles. The molecule has 0 saturated heterocycles. The van der Waals surface area contributed by atoms with Gasteiger partial charge in [-0.25, -0.2) is 4.39 Å². The van der Waals surface area contributed by atoms with Gasteiger partial charge in [-0.3, -0.25) is 4.79 Å². The standard InChI is InChI=1S/C22H17FN2O2/c1-14-6-8-20(15(2)10-14)25-22(26)17(13-24)12-19-7-9-21(27-19)16-4-3-5-18(23)11-16/h3-12H,1-2H3,(H,25,26)/b17-12+. The number of halogens is 1. The molecule has 0 atom stereocenters. The Morgan fingerprint density at radius 2 is 1.96 bits per heavy atom. The zero-order chi connectivity index (χ0) is 19.4. The van der Waals surface area contributed by atoms with Crippen molar-refractivity contribution < 1.29 is 13.6 Å². The molecule has 2 aromatic carbocycles. The molecule has 4 nitrogen and oxygen atoms in total. The Hall–Kier alpha value is -3.65. The number of furan rings is 1. The van der Waals surface area contributed by atoms with Gasteiger partial charge < -0.3 is 9.73 Å². The van der Waals surface area contributed by atoms with E-state index in [1.807, 2.05) is 32.0 Å². The number of rotatable bonds is 4. The highest BCUT2D eigenvalue weighted by Gasteiger charge is 2.13. The number of hydrogen-bond acceptors (Lipinski definition) is 3. The molecule has 0 spiro atoms. The Morgan fingerprint density at radius 1 is 1.15 bits per heavy atom. The van der Waals surface area contributed by atoms with E-state index in [9.17, 15) is 14.4 Å². The molecule has 0 radical (unpaired) electrons. The van der Waals surface area contributed by atoms with Gasteiger partial charge in [0, 0.05) is 17.3 Å². The number of nitrogens with one attached hydrogen (secondary N) is 1. The first kappa shape index (κ1) is 18.2. The van der Waals surface area contributed by atoms with Crippen molar-refractivity contribution in [3.8, 4) is 17.4 Å². The number of nitrogens with zero attached hydrogens (tertiary/aromatic N) is 1. The predicted molar refractivity (Wildman–Crippen MR) is 102 cm³/mol. The molecule has 0 saturated carbocycles. The van der Waals surface area contributed by atoms with Crippen molar-refractivity contribution in [3.63, 3.8) is 0 Å². The topological polar surface area (TPSA) is 66.0 Å². The summed E-state index contributed by atoms with van der Waals surface area (Å²) in [5.74, 6) is -0.103. The lowest BCUT2D eigenvalue weighted by atomic mass is 10.1. The van der Waals surface area contributed by atoms with Crippen molar-refractivity contribution in [1.82, 2.24) is 0 Å². The third kappa shape index (κ3) is 4.31. The van der Waals surface area contributed by atoms with Gasteiger partial charge >= 0.3 is 0 Å². The van der Waals surface area contributed by atoms with E-state index in [4.69, 9.17) is 4.42 Å². The lowest BCUT2D eigenvalue weighted by Crippen LogP contribution is -2.14. The van der Waals surface area contributed by atoms with Gasteiger partial charge in [-0.05, 0) is 49.7 Å². The van der Waals surface area contributed by atoms with E-state index in [0.717, 1.165) is 11.1 Å². The zero-order valence-corrected chi connectivity index (χ0v) is 14.9. The molecule has 0 aliphatic rings. The van der Waals surface area contributed by atoms with E-state index in [-0.39, 0.29) is 11.4 Å². The Balaban J connectivity index is 1.82. The van der Waals surface area contributed by atoms with Gasteiger partial charge in [0.15, 0.2) is 0 Å². The van der Waals surface area contributed by atoms with Gasteiger partial charge in [-0.2, -0.15) is 5.26 Å². The predicted octanol–water partition coefficient (Wildman–Crippen LogP) is 5.25. The van der Waals surface area contributed by atoms with E-state index in [2.05, 4.69) is 5.32 Å². The summed E-state index contributed by atoms with van der Waals surface area (Å²) in [5, 5.41) is 12.1. The van der Waals surface area contributed by atoms with Crippen LogP contribution in [-0.2, 0) is 4.79 Å². The van der Waals surface area contributed by atoms with Crippen LogP contribution in [0.5, 0.6) is 0 Å². The second-order valence-corrected chi connectivity index (χ2v) is 6.15. The fourth-order valence-corrected chi connectivity index (χ4v) is 2.66. The number of amides is 1. The summed E-state index contributed by atoms with van der Waals surface area (Å²) in [6.07, 6.45) is 1.36. The third-order valence-corrected chi connectivity index (χ3v) is 4.02. The molecule has 1 aromatic heterocycles. The molecule has 1 N–H and O–H groups in total. The van der Waals surface area contributed by atoms with Crippen molar-refractivity contribution >= 4 is 17.7 Å². The van der Waals surface area contributed by atoms with E-state index in [1.54, 1.807) is 30.3 Å². The number of carbonyl (C=O) groups is 1. The second kappa shape index (κ2) is 7.71. The minimum absolute atomic E-state index is 0.0879. The average Bonchev–Trinajstić information content (AvgIpc) is 3.10. The van der Waals surface area contributed by atoms with Crippen LogP contribution in [0.3, 0.4) is 0 Å². The molecule has 27 heavy (non-hydrogen) atoms. The van der Waals surface area contributed by atoms with Gasteiger partial charge in [0.05, 0.1) is 0 Å². The van der Waals surface area contributed by atoms with Crippen LogP contribution in [0.2, 0.25) is 0 Å². The molecule has 3 aromatic rings. The highest BCUT2D eigenvalue weighted by atomic mass is 19.1. The quantitative estimate of drug-likeness (QED) is 0.510. The number of hydrogen-bond donors (Lipinski definition) is 1. The first-order chi connectivity index (χ1) is 13.0. The summed E-state index contributed by atoms with van der Waals surface area (Å²) in [6.45, 7) is 3.85. The third-order valence-electron chi connectivity index (χ3n) is 4.02. The van der Waals surface area contributed by atoms with Crippen LogP contribution < -0.4 is 5.32 Å². The Morgan fingerprint density at radius 3 is 2.67 bits per heavy atom. The summed E-state index contributed by atoms with van der Waals surface area (Å²) >= 11 is 0. The molecular weight excluding hydrogens is 343 g/mol. The van der Waals surface area contributed by atoms with Crippen LogP contribution in [-0.4, -0.2) is 5.91 Å². The van der Waals surface area contributed by atoms with Crippen molar-refractivity contribution in [3.05, 3.63) is 82.9 Å². The summed E-state index contributed by atoms with van der Waals surface area (Å²) in [7, 11) is 0. The van der Waals surface area contributed by atoms with E-state index >= 15 is 0 Å². The molecule has 3 rings (SSSR count). The second-order valence-electron chi connectivity index (χ2n) is 6.15. The Bertz CT molecular complexity index is 1070. The highest BCUT2D eigenvalue weighted by molar-refractivity contribution is 6.09. The largest absolute Gasteiger partial charge is 0.457 e. The normalized spacial score (nSPS) is 11.1. The number of benzene rings is 2. The fraction of sp³-hybridized carbons (Fsp3) is 0.0909. The molecule has 0 aliphatic carbocycles. The van der Waals surface area contributed by atoms with Crippen LogP contribution >= 0.6 is 0 Å². The number of aryl methyl sites for hydroxylation is 2. The highest BCUT2D eigenvalue weighted by Crippen LogP contribution is 2.24. The van der Waals surface area contributed by atoms with Gasteiger partial charge in [0.1, 0.15) is 29.0 Å². The van der Waals surface area contributed by atoms with Crippen LogP contribution in [0.25, 0.3) is 17.4 Å². The van der Waals surface area contributed by atoms with Crippen LogP contribution in [0.4, 0.5) is 10.1 Å². The first-order valence-electron chi connectivity index (χ1n) is 8.32. The molecule has 0 aliphatic heterocycles. The minimum Gasteiger partial charge on any atom is -0.457 e. The summed E-state index contributed by atoms with van der Waals surface area (Å²) < 4.78 is 19.0. The monoisotopic (exact) mass is 360 g/mol. The van der Waals surface area contributed by atoms with E-state index in [0.29, 0.717) is 22.8 Å². The Labute approximate surface area is 156 Å². The van der Waals surface area contributed by atoms with Crippen LogP contribution in [0.15, 0.2) is 64.6 Å². The smallest absolute Gasteiger partial charge is 0.266 e. The number of nitriles is 1. The molecule has 0 bridgehead atoms. The average molecular weight is 360 g/mol. The molecule has 134 valence electrons. The summed E-state index contributed by atoms with van der Waals surface area (Å²) in [6, 6.07) is 16.8. The number of carbonyl (C=O) groups excluding carboxylic acids is 1. The summed E-state index contributed by atoms with van der Waals surface area (Å²) in [5.41, 5.74) is 3.13. The van der Waals surface area contributed by atoms with Gasteiger partial charge in [-0.15, -0.1) is 0 Å². The van der Waals surface area contributed by atoms with Crippen LogP contribution in [0.1, 0.15) is 16.9 Å². The lowest BCUT2D eigenvalue weighted by Gasteiger charge is -2.08. The SMILES string of the molecule is Cc1ccc(NC(=O)/C(C#N)=C/c2ccc(-c3cccc(F)c3)o2)c(C)c1. The molecule has 5 heteroatoms. The van der Waals surface area contributed by atoms with E-state index in [1.165, 1.54) is 18.2 Å². The zero-order valence-electron chi connectivity index (χ0n) is 14.9. The van der Waals surface area contributed by atoms with Crippen molar-refractivity contribution in [2.75, 3.05) is 5.32 Å². The fourth-order valence-electron chi connectivity index (χ4n) is 2.66. The van der Waals surface area contributed by atoms with Gasteiger partial charge in [-0.1, -0.05) is 29.8 Å². The minimum atomic E-state index is -0.520. The molecule has 0 fully saturated rings. The van der Waals surface area contributed by atoms with Gasteiger partial charge in [0.25, 0.3) is 5.91 Å². The maximum absolute atomic E-state index is 13.3. The first-order valence-corrected chi connectivity index (χ1v) is 8.32. The molecule has 0 unspecified atom stereocenters.